The van der Waals surface area contributed by atoms with Gasteiger partial charge in [-0.1, -0.05) is 30.3 Å². The van der Waals surface area contributed by atoms with Crippen LogP contribution in [0.25, 0.3) is 0 Å². The highest BCUT2D eigenvalue weighted by Gasteiger charge is 2.09. The Bertz CT molecular complexity index is 492. The molecule has 2 aromatic rings. The number of hydrogen-bond acceptors (Lipinski definition) is 2. The molecule has 2 rings (SSSR count). The maximum absolute atomic E-state index is 9.26. The van der Waals surface area contributed by atoms with Gasteiger partial charge in [-0.25, -0.2) is 0 Å². The lowest BCUT2D eigenvalue weighted by Crippen LogP contribution is -2.29. The molecule has 19 heavy (non-hydrogen) atoms. The van der Waals surface area contributed by atoms with Crippen molar-refractivity contribution < 1.29 is 5.11 Å². The maximum atomic E-state index is 9.26. The fourth-order valence-corrected chi connectivity index (χ4v) is 2.15. The summed E-state index contributed by atoms with van der Waals surface area (Å²) in [5, 5.41) is 9.26. The number of para-hydroxylation sites is 1. The van der Waals surface area contributed by atoms with E-state index in [4.69, 9.17) is 0 Å². The third-order valence-corrected chi connectivity index (χ3v) is 3.61. The number of nitrogens with zero attached hydrogens (tertiary/aromatic N) is 1. The molecule has 0 heterocycles. The predicted molar refractivity (Wildman–Crippen MR) is 80.7 cm³/mol. The van der Waals surface area contributed by atoms with Gasteiger partial charge in [0.05, 0.1) is 0 Å². The van der Waals surface area contributed by atoms with Crippen LogP contribution in [0, 0.1) is 0 Å². The molecule has 0 saturated carbocycles. The van der Waals surface area contributed by atoms with E-state index in [0.717, 1.165) is 12.8 Å². The fourth-order valence-electron chi connectivity index (χ4n) is 2.15. The molecule has 0 amide bonds. The van der Waals surface area contributed by atoms with Crippen molar-refractivity contribution in [2.45, 2.75) is 25.8 Å². The molecule has 0 radical (unpaired) electrons. The van der Waals surface area contributed by atoms with Crippen molar-refractivity contribution in [3.8, 4) is 5.75 Å². The lowest BCUT2D eigenvalue weighted by atomic mass is 10.0. The molecule has 0 bridgehead atoms. The van der Waals surface area contributed by atoms with E-state index in [-0.39, 0.29) is 0 Å². The summed E-state index contributed by atoms with van der Waals surface area (Å²) in [5.41, 5.74) is 2.52. The Hall–Kier alpha value is -1.96. The number of benzene rings is 2. The Labute approximate surface area is 115 Å². The van der Waals surface area contributed by atoms with Crippen LogP contribution in [0.5, 0.6) is 5.75 Å². The van der Waals surface area contributed by atoms with Gasteiger partial charge in [0.1, 0.15) is 5.75 Å². The van der Waals surface area contributed by atoms with E-state index in [2.05, 4.69) is 43.1 Å². The molecule has 1 atom stereocenters. The molecule has 0 fully saturated rings. The molecule has 2 nitrogen and oxygen atoms in total. The van der Waals surface area contributed by atoms with Crippen LogP contribution in [0.1, 0.15) is 18.9 Å². The summed E-state index contributed by atoms with van der Waals surface area (Å²) < 4.78 is 0. The quantitative estimate of drug-likeness (QED) is 0.877. The Morgan fingerprint density at radius 2 is 1.63 bits per heavy atom. The molecular weight excluding hydrogens is 234 g/mol. The van der Waals surface area contributed by atoms with Crippen molar-refractivity contribution in [1.82, 2.24) is 0 Å². The standard InChI is InChI=1S/C17H21NO/c1-14(18(2)16-6-4-3-5-7-16)8-9-15-10-12-17(19)13-11-15/h3-7,10-14,19H,8-9H2,1-2H3. The van der Waals surface area contributed by atoms with Crippen molar-refractivity contribution in [1.29, 1.82) is 0 Å². The minimum atomic E-state index is 0.332. The number of phenolic OH excluding ortho intramolecular Hbond substituents is 1. The van der Waals surface area contributed by atoms with Crippen LogP contribution in [-0.2, 0) is 6.42 Å². The zero-order valence-electron chi connectivity index (χ0n) is 11.6. The van der Waals surface area contributed by atoms with E-state index in [1.807, 2.05) is 18.2 Å². The van der Waals surface area contributed by atoms with Gasteiger partial charge in [0.15, 0.2) is 0 Å². The molecule has 2 aromatic carbocycles. The highest BCUT2D eigenvalue weighted by atomic mass is 16.3. The monoisotopic (exact) mass is 255 g/mol. The van der Waals surface area contributed by atoms with Gasteiger partial charge in [-0.05, 0) is 49.6 Å². The topological polar surface area (TPSA) is 23.5 Å². The third-order valence-electron chi connectivity index (χ3n) is 3.61. The first-order valence-corrected chi connectivity index (χ1v) is 6.72. The van der Waals surface area contributed by atoms with Gasteiger partial charge in [-0.2, -0.15) is 0 Å². The second-order valence-corrected chi connectivity index (χ2v) is 5.00. The lowest BCUT2D eigenvalue weighted by molar-refractivity contribution is 0.475. The molecule has 0 aliphatic carbocycles. The maximum Gasteiger partial charge on any atom is 0.115 e. The highest BCUT2D eigenvalue weighted by molar-refractivity contribution is 5.45. The van der Waals surface area contributed by atoms with Crippen LogP contribution < -0.4 is 4.90 Å². The van der Waals surface area contributed by atoms with Gasteiger partial charge in [0.2, 0.25) is 0 Å². The SMILES string of the molecule is CC(CCc1ccc(O)cc1)N(C)c1ccccc1. The lowest BCUT2D eigenvalue weighted by Gasteiger charge is -2.27. The number of aryl methyl sites for hydroxylation is 1. The third kappa shape index (κ3) is 3.75. The van der Waals surface area contributed by atoms with Crippen LogP contribution in [-0.4, -0.2) is 18.2 Å². The zero-order chi connectivity index (χ0) is 13.7. The molecule has 2 heteroatoms. The van der Waals surface area contributed by atoms with Crippen molar-refractivity contribution in [2.75, 3.05) is 11.9 Å². The van der Waals surface area contributed by atoms with E-state index in [0.29, 0.717) is 11.8 Å². The molecule has 0 spiro atoms. The number of aromatic hydroxyl groups is 1. The zero-order valence-corrected chi connectivity index (χ0v) is 11.6. The second-order valence-electron chi connectivity index (χ2n) is 5.00. The van der Waals surface area contributed by atoms with E-state index in [9.17, 15) is 5.11 Å². The average Bonchev–Trinajstić information content (AvgIpc) is 2.46. The Kier molecular flexibility index (Phi) is 4.45. The van der Waals surface area contributed by atoms with Crippen molar-refractivity contribution in [3.63, 3.8) is 0 Å². The molecule has 0 aromatic heterocycles. The largest absolute Gasteiger partial charge is 0.508 e. The molecule has 1 N–H and O–H groups in total. The van der Waals surface area contributed by atoms with Crippen LogP contribution >= 0.6 is 0 Å². The first-order chi connectivity index (χ1) is 9.16. The van der Waals surface area contributed by atoms with E-state index >= 15 is 0 Å². The average molecular weight is 255 g/mol. The van der Waals surface area contributed by atoms with E-state index < -0.39 is 0 Å². The van der Waals surface area contributed by atoms with Crippen LogP contribution in [0.15, 0.2) is 54.6 Å². The Morgan fingerprint density at radius 1 is 1.00 bits per heavy atom. The molecule has 100 valence electrons. The van der Waals surface area contributed by atoms with Crippen molar-refractivity contribution >= 4 is 5.69 Å². The Balaban J connectivity index is 1.90. The summed E-state index contributed by atoms with van der Waals surface area (Å²) in [6, 6.07) is 18.4. The molecule has 1 unspecified atom stereocenters. The van der Waals surface area contributed by atoms with Gasteiger partial charge in [0.25, 0.3) is 0 Å². The smallest absolute Gasteiger partial charge is 0.115 e. The fraction of sp³-hybridized carbons (Fsp3) is 0.294. The van der Waals surface area contributed by atoms with Crippen LogP contribution in [0.2, 0.25) is 0 Å². The molecule has 0 saturated heterocycles. The van der Waals surface area contributed by atoms with Crippen molar-refractivity contribution in [2.24, 2.45) is 0 Å². The van der Waals surface area contributed by atoms with Crippen LogP contribution in [0.4, 0.5) is 5.69 Å². The normalized spacial score (nSPS) is 12.1. The summed E-state index contributed by atoms with van der Waals surface area (Å²) in [6.07, 6.45) is 2.12. The predicted octanol–water partition coefficient (Wildman–Crippen LogP) is 3.85. The van der Waals surface area contributed by atoms with Gasteiger partial charge in [-0.3, -0.25) is 0 Å². The first-order valence-electron chi connectivity index (χ1n) is 6.72. The molecular formula is C17H21NO. The number of rotatable bonds is 5. The summed E-state index contributed by atoms with van der Waals surface area (Å²) in [6.45, 7) is 2.24. The van der Waals surface area contributed by atoms with Gasteiger partial charge < -0.3 is 10.0 Å². The first kappa shape index (κ1) is 13.5. The summed E-state index contributed by atoms with van der Waals surface area (Å²) >= 11 is 0. The summed E-state index contributed by atoms with van der Waals surface area (Å²) in [5.74, 6) is 0.332. The minimum Gasteiger partial charge on any atom is -0.508 e. The number of phenols is 1. The highest BCUT2D eigenvalue weighted by Crippen LogP contribution is 2.18. The van der Waals surface area contributed by atoms with Gasteiger partial charge >= 0.3 is 0 Å². The molecule has 0 aliphatic heterocycles. The van der Waals surface area contributed by atoms with Gasteiger partial charge in [0, 0.05) is 18.8 Å². The molecule has 0 aliphatic rings. The summed E-state index contributed by atoms with van der Waals surface area (Å²) in [4.78, 5) is 2.31. The summed E-state index contributed by atoms with van der Waals surface area (Å²) in [7, 11) is 2.14. The number of hydrogen-bond donors (Lipinski definition) is 1. The van der Waals surface area contributed by atoms with Crippen molar-refractivity contribution in [3.05, 3.63) is 60.2 Å². The minimum absolute atomic E-state index is 0.332. The van der Waals surface area contributed by atoms with E-state index in [1.165, 1.54) is 11.3 Å². The Morgan fingerprint density at radius 3 is 2.26 bits per heavy atom. The van der Waals surface area contributed by atoms with E-state index in [1.54, 1.807) is 12.1 Å². The number of anilines is 1. The van der Waals surface area contributed by atoms with Crippen LogP contribution in [0.3, 0.4) is 0 Å². The second kappa shape index (κ2) is 6.28. The van der Waals surface area contributed by atoms with Gasteiger partial charge in [-0.15, -0.1) is 0 Å².